The van der Waals surface area contributed by atoms with Gasteiger partial charge in [-0.05, 0) is 37.0 Å². The number of nitrogens with two attached hydrogens (primary N) is 1. The summed E-state index contributed by atoms with van der Waals surface area (Å²) < 4.78 is 0. The number of aromatic nitrogens is 1. The highest BCUT2D eigenvalue weighted by molar-refractivity contribution is 6.00. The van der Waals surface area contributed by atoms with E-state index >= 15 is 0 Å². The second-order valence-corrected chi connectivity index (χ2v) is 5.27. The monoisotopic (exact) mass is 241 g/mol. The second kappa shape index (κ2) is 4.48. The van der Waals surface area contributed by atoms with Gasteiger partial charge in [-0.1, -0.05) is 6.42 Å². The predicted octanol–water partition coefficient (Wildman–Crippen LogP) is 3.05. The largest absolute Gasteiger partial charge is 0.398 e. The van der Waals surface area contributed by atoms with Gasteiger partial charge in [-0.15, -0.1) is 0 Å². The zero-order chi connectivity index (χ0) is 12.5. The van der Waals surface area contributed by atoms with Crippen molar-refractivity contribution in [3.8, 4) is 0 Å². The molecular weight excluding hydrogens is 222 g/mol. The van der Waals surface area contributed by atoms with E-state index in [0.717, 1.165) is 28.9 Å². The Hall–Kier alpha value is -1.77. The predicted molar refractivity (Wildman–Crippen MR) is 76.8 cm³/mol. The van der Waals surface area contributed by atoms with Crippen LogP contribution in [0.25, 0.3) is 10.8 Å². The molecule has 1 aromatic carbocycles. The molecule has 18 heavy (non-hydrogen) atoms. The van der Waals surface area contributed by atoms with Crippen LogP contribution in [0.15, 0.2) is 30.6 Å². The molecule has 0 bridgehead atoms. The molecule has 0 spiro atoms. The van der Waals surface area contributed by atoms with Crippen molar-refractivity contribution in [2.24, 2.45) is 5.92 Å². The molecule has 0 atom stereocenters. The third kappa shape index (κ3) is 1.90. The lowest BCUT2D eigenvalue weighted by Crippen LogP contribution is -2.29. The van der Waals surface area contributed by atoms with Gasteiger partial charge in [0.15, 0.2) is 0 Å². The van der Waals surface area contributed by atoms with E-state index in [4.69, 9.17) is 5.73 Å². The Morgan fingerprint density at radius 1 is 1.28 bits per heavy atom. The first-order valence-electron chi connectivity index (χ1n) is 6.59. The number of hydrogen-bond donors (Lipinski definition) is 1. The minimum Gasteiger partial charge on any atom is -0.398 e. The van der Waals surface area contributed by atoms with Gasteiger partial charge in [-0.25, -0.2) is 0 Å². The summed E-state index contributed by atoms with van der Waals surface area (Å²) in [7, 11) is 2.16. The highest BCUT2D eigenvalue weighted by atomic mass is 15.1. The summed E-state index contributed by atoms with van der Waals surface area (Å²) in [6.07, 6.45) is 7.85. The molecule has 0 unspecified atom stereocenters. The fourth-order valence-electron chi connectivity index (χ4n) is 2.69. The Labute approximate surface area is 108 Å². The molecule has 94 valence electrons. The second-order valence-electron chi connectivity index (χ2n) is 5.27. The van der Waals surface area contributed by atoms with Gasteiger partial charge in [0.1, 0.15) is 0 Å². The van der Waals surface area contributed by atoms with Crippen molar-refractivity contribution in [2.45, 2.75) is 19.3 Å². The third-order valence-electron chi connectivity index (χ3n) is 4.00. The van der Waals surface area contributed by atoms with Crippen molar-refractivity contribution < 1.29 is 0 Å². The van der Waals surface area contributed by atoms with E-state index in [1.54, 1.807) is 6.20 Å². The fourth-order valence-corrected chi connectivity index (χ4v) is 2.69. The van der Waals surface area contributed by atoms with Crippen molar-refractivity contribution in [1.29, 1.82) is 0 Å². The molecule has 1 saturated carbocycles. The van der Waals surface area contributed by atoms with Gasteiger partial charge < -0.3 is 10.6 Å². The lowest BCUT2D eigenvalue weighted by molar-refractivity contribution is 0.321. The van der Waals surface area contributed by atoms with Crippen LogP contribution in [0.2, 0.25) is 0 Å². The van der Waals surface area contributed by atoms with Crippen LogP contribution in [0, 0.1) is 5.92 Å². The van der Waals surface area contributed by atoms with Crippen molar-refractivity contribution in [1.82, 2.24) is 4.98 Å². The highest BCUT2D eigenvalue weighted by Crippen LogP contribution is 2.32. The molecule has 3 heteroatoms. The van der Waals surface area contributed by atoms with E-state index in [1.807, 2.05) is 18.3 Å². The first-order valence-corrected chi connectivity index (χ1v) is 6.59. The van der Waals surface area contributed by atoms with Gasteiger partial charge in [0.2, 0.25) is 0 Å². The van der Waals surface area contributed by atoms with Crippen LogP contribution in [0.3, 0.4) is 0 Å². The van der Waals surface area contributed by atoms with Gasteiger partial charge >= 0.3 is 0 Å². The molecule has 2 aromatic rings. The van der Waals surface area contributed by atoms with Gasteiger partial charge in [0.05, 0.1) is 0 Å². The number of pyridine rings is 1. The summed E-state index contributed by atoms with van der Waals surface area (Å²) in [4.78, 5) is 6.57. The summed E-state index contributed by atoms with van der Waals surface area (Å²) in [5.74, 6) is 0.860. The van der Waals surface area contributed by atoms with Crippen LogP contribution in [-0.4, -0.2) is 18.6 Å². The lowest BCUT2D eigenvalue weighted by Gasteiger charge is -2.31. The van der Waals surface area contributed by atoms with Crippen molar-refractivity contribution in [2.75, 3.05) is 24.2 Å². The Balaban J connectivity index is 1.97. The maximum absolute atomic E-state index is 6.02. The maximum atomic E-state index is 6.02. The van der Waals surface area contributed by atoms with E-state index < -0.39 is 0 Å². The average molecular weight is 241 g/mol. The molecule has 1 aromatic heterocycles. The minimum absolute atomic E-state index is 0.827. The smallest absolute Gasteiger partial charge is 0.0460 e. The molecular formula is C15H19N3. The average Bonchev–Trinajstić information content (AvgIpc) is 2.34. The normalized spacial score (nSPS) is 15.6. The van der Waals surface area contributed by atoms with Crippen LogP contribution in [-0.2, 0) is 0 Å². The first kappa shape index (κ1) is 11.3. The Morgan fingerprint density at radius 2 is 2.11 bits per heavy atom. The number of anilines is 2. The number of nitrogen functional groups attached to an aromatic ring is 1. The van der Waals surface area contributed by atoms with Crippen molar-refractivity contribution >= 4 is 22.1 Å². The summed E-state index contributed by atoms with van der Waals surface area (Å²) >= 11 is 0. The van der Waals surface area contributed by atoms with Gasteiger partial charge in [0, 0.05) is 48.1 Å². The molecule has 0 saturated heterocycles. The highest BCUT2D eigenvalue weighted by Gasteiger charge is 2.20. The van der Waals surface area contributed by atoms with Crippen molar-refractivity contribution in [3.63, 3.8) is 0 Å². The molecule has 3 rings (SSSR count). The topological polar surface area (TPSA) is 42.1 Å². The van der Waals surface area contributed by atoms with Gasteiger partial charge in [-0.3, -0.25) is 4.98 Å². The number of hydrogen-bond acceptors (Lipinski definition) is 3. The van der Waals surface area contributed by atoms with Crippen LogP contribution in [0.4, 0.5) is 11.4 Å². The van der Waals surface area contributed by atoms with E-state index in [9.17, 15) is 0 Å². The molecule has 1 aliphatic rings. The third-order valence-corrected chi connectivity index (χ3v) is 4.00. The molecule has 2 N–H and O–H groups in total. The summed E-state index contributed by atoms with van der Waals surface area (Å²) in [6.45, 7) is 1.13. The Morgan fingerprint density at radius 3 is 2.83 bits per heavy atom. The zero-order valence-electron chi connectivity index (χ0n) is 10.8. The van der Waals surface area contributed by atoms with Crippen LogP contribution in [0.5, 0.6) is 0 Å². The quantitative estimate of drug-likeness (QED) is 0.840. The van der Waals surface area contributed by atoms with Gasteiger partial charge in [0.25, 0.3) is 0 Å². The molecule has 1 aliphatic carbocycles. The van der Waals surface area contributed by atoms with E-state index in [-0.39, 0.29) is 0 Å². The van der Waals surface area contributed by atoms with Crippen molar-refractivity contribution in [3.05, 3.63) is 30.6 Å². The van der Waals surface area contributed by atoms with E-state index in [2.05, 4.69) is 23.0 Å². The summed E-state index contributed by atoms with van der Waals surface area (Å²) in [5, 5.41) is 2.25. The lowest BCUT2D eigenvalue weighted by atomic mass is 9.85. The molecule has 0 amide bonds. The number of fused-ring (bicyclic) bond motifs is 1. The number of benzene rings is 1. The Kier molecular flexibility index (Phi) is 2.82. The maximum Gasteiger partial charge on any atom is 0.0460 e. The fraction of sp³-hybridized carbons (Fsp3) is 0.400. The van der Waals surface area contributed by atoms with Crippen LogP contribution in [0.1, 0.15) is 19.3 Å². The Bertz CT molecular complexity index is 561. The molecule has 0 radical (unpaired) electrons. The van der Waals surface area contributed by atoms with Crippen LogP contribution < -0.4 is 10.6 Å². The number of nitrogens with zero attached hydrogens (tertiary/aromatic N) is 2. The first-order chi connectivity index (χ1) is 8.75. The standard InChI is InChI=1S/C15H19N3/c1-18(10-11-3-2-4-11)15-6-5-14(16)12-7-8-17-9-13(12)15/h5-9,11H,2-4,10,16H2,1H3. The van der Waals surface area contributed by atoms with Crippen LogP contribution >= 0.6 is 0 Å². The minimum atomic E-state index is 0.827. The summed E-state index contributed by atoms with van der Waals surface area (Å²) in [6, 6.07) is 6.10. The molecule has 1 heterocycles. The molecule has 0 aliphatic heterocycles. The number of rotatable bonds is 3. The summed E-state index contributed by atoms with van der Waals surface area (Å²) in [5.41, 5.74) is 8.08. The molecule has 1 fully saturated rings. The zero-order valence-corrected chi connectivity index (χ0v) is 10.8. The molecule has 3 nitrogen and oxygen atoms in total. The van der Waals surface area contributed by atoms with E-state index in [1.165, 1.54) is 24.9 Å². The SMILES string of the molecule is CN(CC1CCC1)c1ccc(N)c2ccncc12. The van der Waals surface area contributed by atoms with E-state index in [0.29, 0.717) is 0 Å². The van der Waals surface area contributed by atoms with Gasteiger partial charge in [-0.2, -0.15) is 0 Å².